The number of hydrogen-bond acceptors (Lipinski definition) is 3. The average molecular weight is 350 g/mol. The Morgan fingerprint density at radius 1 is 0.720 bits per heavy atom. The summed E-state index contributed by atoms with van der Waals surface area (Å²) in [5.41, 5.74) is 5.07. The minimum Gasteiger partial charge on any atom is -0.335 e. The molecule has 1 aliphatic heterocycles. The van der Waals surface area contributed by atoms with Crippen molar-refractivity contribution in [1.82, 2.24) is 21.1 Å². The molecule has 1 saturated heterocycles. The largest absolute Gasteiger partial charge is 0.335 e. The molecule has 25 heavy (non-hydrogen) atoms. The summed E-state index contributed by atoms with van der Waals surface area (Å²) in [6.45, 7) is 0.590. The molecule has 7 heteroatoms. The molecular formula is C18H30N4O3. The summed E-state index contributed by atoms with van der Waals surface area (Å²) in [6.07, 6.45) is 11.0. The van der Waals surface area contributed by atoms with Gasteiger partial charge in [0.1, 0.15) is 6.04 Å². The Balaban J connectivity index is 1.47. The smallest absolute Gasteiger partial charge is 0.318 e. The summed E-state index contributed by atoms with van der Waals surface area (Å²) in [6, 6.07) is -0.410. The van der Waals surface area contributed by atoms with Gasteiger partial charge in [0.25, 0.3) is 5.91 Å². The van der Waals surface area contributed by atoms with Crippen molar-refractivity contribution in [2.24, 2.45) is 5.92 Å². The van der Waals surface area contributed by atoms with Crippen LogP contribution < -0.4 is 16.2 Å². The first kappa shape index (κ1) is 18.0. The monoisotopic (exact) mass is 350 g/mol. The van der Waals surface area contributed by atoms with E-state index in [2.05, 4.69) is 16.2 Å². The fraction of sp³-hybridized carbons (Fsp3) is 0.833. The Hall–Kier alpha value is -1.79. The Kier molecular flexibility index (Phi) is 6.15. The highest BCUT2D eigenvalue weighted by molar-refractivity contribution is 5.89. The summed E-state index contributed by atoms with van der Waals surface area (Å²) in [4.78, 5) is 38.6. The van der Waals surface area contributed by atoms with E-state index >= 15 is 0 Å². The number of urea groups is 1. The van der Waals surface area contributed by atoms with Crippen LogP contribution in [0, 0.1) is 5.92 Å². The molecule has 0 radical (unpaired) electrons. The van der Waals surface area contributed by atoms with Gasteiger partial charge in [-0.3, -0.25) is 20.4 Å². The van der Waals surface area contributed by atoms with E-state index in [9.17, 15) is 14.4 Å². The molecule has 2 saturated carbocycles. The number of carbonyl (C=O) groups excluding carboxylic acids is 3. The minimum absolute atomic E-state index is 0.00887. The van der Waals surface area contributed by atoms with Crippen LogP contribution in [0.15, 0.2) is 0 Å². The molecule has 3 fully saturated rings. The third-order valence-corrected chi connectivity index (χ3v) is 5.78. The van der Waals surface area contributed by atoms with Crippen LogP contribution in [-0.4, -0.2) is 41.4 Å². The van der Waals surface area contributed by atoms with Crippen LogP contribution in [-0.2, 0) is 9.59 Å². The van der Waals surface area contributed by atoms with Gasteiger partial charge in [0, 0.05) is 18.5 Å². The lowest BCUT2D eigenvalue weighted by molar-refractivity contribution is -0.132. The zero-order chi connectivity index (χ0) is 17.6. The van der Waals surface area contributed by atoms with E-state index in [1.54, 1.807) is 4.90 Å². The Morgan fingerprint density at radius 2 is 1.36 bits per heavy atom. The van der Waals surface area contributed by atoms with E-state index in [0.29, 0.717) is 13.0 Å². The van der Waals surface area contributed by atoms with Gasteiger partial charge in [-0.1, -0.05) is 32.1 Å². The number of amides is 4. The van der Waals surface area contributed by atoms with Gasteiger partial charge < -0.3 is 10.2 Å². The van der Waals surface area contributed by atoms with Gasteiger partial charge >= 0.3 is 6.03 Å². The molecule has 0 bridgehead atoms. The molecular weight excluding hydrogens is 320 g/mol. The van der Waals surface area contributed by atoms with Crippen LogP contribution in [0.3, 0.4) is 0 Å². The zero-order valence-electron chi connectivity index (χ0n) is 14.9. The molecule has 0 aromatic carbocycles. The van der Waals surface area contributed by atoms with Crippen LogP contribution >= 0.6 is 0 Å². The van der Waals surface area contributed by atoms with Crippen LogP contribution in [0.2, 0.25) is 0 Å². The highest BCUT2D eigenvalue weighted by atomic mass is 16.2. The van der Waals surface area contributed by atoms with Gasteiger partial charge in [0.15, 0.2) is 0 Å². The van der Waals surface area contributed by atoms with Crippen molar-refractivity contribution < 1.29 is 14.4 Å². The highest BCUT2D eigenvalue weighted by Crippen LogP contribution is 2.24. The van der Waals surface area contributed by atoms with Crippen LogP contribution in [0.25, 0.3) is 0 Å². The van der Waals surface area contributed by atoms with Gasteiger partial charge in [-0.15, -0.1) is 0 Å². The van der Waals surface area contributed by atoms with Gasteiger partial charge in [-0.05, 0) is 38.5 Å². The Labute approximate surface area is 149 Å². The van der Waals surface area contributed by atoms with Crippen molar-refractivity contribution in [3.05, 3.63) is 0 Å². The van der Waals surface area contributed by atoms with Gasteiger partial charge in [0.2, 0.25) is 5.91 Å². The van der Waals surface area contributed by atoms with Gasteiger partial charge in [-0.2, -0.15) is 0 Å². The van der Waals surface area contributed by atoms with Crippen molar-refractivity contribution in [2.75, 3.05) is 6.54 Å². The molecule has 3 N–H and O–H groups in total. The maximum atomic E-state index is 12.5. The quantitative estimate of drug-likeness (QED) is 0.678. The molecule has 1 atom stereocenters. The zero-order valence-corrected chi connectivity index (χ0v) is 14.9. The van der Waals surface area contributed by atoms with E-state index < -0.39 is 6.04 Å². The molecule has 3 aliphatic rings. The van der Waals surface area contributed by atoms with Crippen LogP contribution in [0.1, 0.15) is 70.6 Å². The lowest BCUT2D eigenvalue weighted by atomic mass is 9.96. The standard InChI is InChI=1S/C18H30N4O3/c23-16(13-7-4-5-8-13)20-21-17(24)15-11-6-12-22(15)18(25)19-14-9-2-1-3-10-14/h13-15H,1-12H2,(H,19,25)(H,20,23)(H,21,24). The number of rotatable bonds is 3. The average Bonchev–Trinajstić information content (AvgIpc) is 3.31. The van der Waals surface area contributed by atoms with Crippen LogP contribution in [0.5, 0.6) is 0 Å². The topological polar surface area (TPSA) is 90.5 Å². The van der Waals surface area contributed by atoms with Gasteiger partial charge in [0.05, 0.1) is 0 Å². The molecule has 1 unspecified atom stereocenters. The number of nitrogens with zero attached hydrogens (tertiary/aromatic N) is 1. The maximum absolute atomic E-state index is 12.5. The summed E-state index contributed by atoms with van der Waals surface area (Å²) in [5, 5.41) is 3.07. The fourth-order valence-corrected chi connectivity index (χ4v) is 4.28. The molecule has 140 valence electrons. The van der Waals surface area contributed by atoms with Crippen molar-refractivity contribution in [3.63, 3.8) is 0 Å². The SMILES string of the molecule is O=C(NNC(=O)C1CCCN1C(=O)NC1CCCCC1)C1CCCC1. The summed E-state index contributed by atoms with van der Waals surface area (Å²) < 4.78 is 0. The third kappa shape index (κ3) is 4.64. The second-order valence-electron chi connectivity index (χ2n) is 7.60. The predicted molar refractivity (Wildman–Crippen MR) is 93.4 cm³/mol. The molecule has 2 aliphatic carbocycles. The van der Waals surface area contributed by atoms with Crippen molar-refractivity contribution in [1.29, 1.82) is 0 Å². The summed E-state index contributed by atoms with van der Waals surface area (Å²) >= 11 is 0. The lowest BCUT2D eigenvalue weighted by Gasteiger charge is -2.29. The third-order valence-electron chi connectivity index (χ3n) is 5.78. The molecule has 1 heterocycles. The highest BCUT2D eigenvalue weighted by Gasteiger charge is 2.35. The van der Waals surface area contributed by atoms with E-state index in [-0.39, 0.29) is 29.8 Å². The van der Waals surface area contributed by atoms with Crippen LogP contribution in [0.4, 0.5) is 4.79 Å². The number of carbonyl (C=O) groups is 3. The Bertz CT molecular complexity index is 499. The first-order valence-electron chi connectivity index (χ1n) is 9.82. The first-order valence-corrected chi connectivity index (χ1v) is 9.82. The normalized spacial score (nSPS) is 25.0. The first-order chi connectivity index (χ1) is 12.1. The van der Waals surface area contributed by atoms with E-state index in [1.165, 1.54) is 6.42 Å². The fourth-order valence-electron chi connectivity index (χ4n) is 4.28. The molecule has 0 spiro atoms. The second kappa shape index (κ2) is 8.54. The van der Waals surface area contributed by atoms with E-state index in [0.717, 1.165) is 57.8 Å². The number of likely N-dealkylation sites (tertiary alicyclic amines) is 1. The predicted octanol–water partition coefficient (Wildman–Crippen LogP) is 1.83. The van der Waals surface area contributed by atoms with E-state index in [4.69, 9.17) is 0 Å². The molecule has 4 amide bonds. The summed E-state index contributed by atoms with van der Waals surface area (Å²) in [7, 11) is 0. The van der Waals surface area contributed by atoms with Gasteiger partial charge in [-0.25, -0.2) is 4.79 Å². The molecule has 3 rings (SSSR count). The Morgan fingerprint density at radius 3 is 2.08 bits per heavy atom. The van der Waals surface area contributed by atoms with E-state index in [1.807, 2.05) is 0 Å². The minimum atomic E-state index is -0.493. The maximum Gasteiger partial charge on any atom is 0.318 e. The molecule has 0 aromatic heterocycles. The molecule has 7 nitrogen and oxygen atoms in total. The second-order valence-corrected chi connectivity index (χ2v) is 7.60. The lowest BCUT2D eigenvalue weighted by Crippen LogP contribution is -2.55. The van der Waals surface area contributed by atoms with Crippen molar-refractivity contribution in [3.8, 4) is 0 Å². The van der Waals surface area contributed by atoms with Crippen molar-refractivity contribution >= 4 is 17.8 Å². The number of hydrazine groups is 1. The number of nitrogens with one attached hydrogen (secondary N) is 3. The summed E-state index contributed by atoms with van der Waals surface area (Å²) in [5.74, 6) is -0.390. The van der Waals surface area contributed by atoms with Crippen molar-refractivity contribution in [2.45, 2.75) is 82.7 Å². The molecule has 0 aromatic rings. The number of hydrogen-bond donors (Lipinski definition) is 3.